The van der Waals surface area contributed by atoms with E-state index in [1.54, 1.807) is 11.8 Å². The second-order valence-electron chi connectivity index (χ2n) is 3.03. The Morgan fingerprint density at radius 3 is 2.93 bits per heavy atom. The quantitative estimate of drug-likeness (QED) is 0.834. The fraction of sp³-hybridized carbons (Fsp3) is 0.200. The van der Waals surface area contributed by atoms with Crippen LogP contribution in [-0.2, 0) is 5.75 Å². The molecule has 0 radical (unpaired) electrons. The van der Waals surface area contributed by atoms with Crippen molar-refractivity contribution in [1.29, 1.82) is 0 Å². The van der Waals surface area contributed by atoms with E-state index < -0.39 is 0 Å². The third-order valence-electron chi connectivity index (χ3n) is 1.85. The summed E-state index contributed by atoms with van der Waals surface area (Å²) in [4.78, 5) is 8.44. The number of anilines is 1. The number of rotatable bonds is 3. The molecule has 15 heavy (non-hydrogen) atoms. The van der Waals surface area contributed by atoms with Crippen LogP contribution in [0.1, 0.15) is 11.4 Å². The molecule has 0 fully saturated rings. The lowest BCUT2D eigenvalue weighted by molar-refractivity contribution is 1.17. The summed E-state index contributed by atoms with van der Waals surface area (Å²) in [5.41, 5.74) is 7.72. The molecule has 0 spiro atoms. The van der Waals surface area contributed by atoms with Gasteiger partial charge in [0.2, 0.25) is 0 Å². The number of thioether (sulfide) groups is 1. The number of pyridine rings is 1. The summed E-state index contributed by atoms with van der Waals surface area (Å²) in [7, 11) is 0. The zero-order valence-corrected chi connectivity index (χ0v) is 9.94. The van der Waals surface area contributed by atoms with E-state index in [0.717, 1.165) is 17.1 Å². The number of aromatic nitrogens is 2. The van der Waals surface area contributed by atoms with Gasteiger partial charge in [0, 0.05) is 11.9 Å². The molecule has 0 bridgehead atoms. The SMILES string of the molecule is Cc1nc(N)sc1SCc1ccccn1. The highest BCUT2D eigenvalue weighted by molar-refractivity contribution is 8.00. The number of thiazole rings is 1. The van der Waals surface area contributed by atoms with Gasteiger partial charge in [-0.05, 0) is 19.1 Å². The maximum absolute atomic E-state index is 5.63. The molecule has 0 aliphatic heterocycles. The minimum atomic E-state index is 0.635. The van der Waals surface area contributed by atoms with Gasteiger partial charge in [-0.2, -0.15) is 0 Å². The van der Waals surface area contributed by atoms with Gasteiger partial charge in [-0.1, -0.05) is 17.4 Å². The molecule has 0 unspecified atom stereocenters. The molecular weight excluding hydrogens is 226 g/mol. The monoisotopic (exact) mass is 237 g/mol. The van der Waals surface area contributed by atoms with Crippen molar-refractivity contribution in [3.8, 4) is 0 Å². The lowest BCUT2D eigenvalue weighted by Crippen LogP contribution is -1.84. The number of nitrogens with zero attached hydrogens (tertiary/aromatic N) is 2. The minimum Gasteiger partial charge on any atom is -0.375 e. The van der Waals surface area contributed by atoms with E-state index >= 15 is 0 Å². The van der Waals surface area contributed by atoms with Crippen molar-refractivity contribution in [2.75, 3.05) is 5.73 Å². The molecule has 2 aromatic rings. The second-order valence-corrected chi connectivity index (χ2v) is 5.31. The molecule has 5 heteroatoms. The van der Waals surface area contributed by atoms with E-state index in [0.29, 0.717) is 5.13 Å². The number of nitrogen functional groups attached to an aromatic ring is 1. The van der Waals surface area contributed by atoms with Crippen LogP contribution in [0.25, 0.3) is 0 Å². The van der Waals surface area contributed by atoms with Crippen molar-refractivity contribution >= 4 is 28.2 Å². The molecule has 0 saturated heterocycles. The fourth-order valence-electron chi connectivity index (χ4n) is 1.16. The molecule has 2 rings (SSSR count). The topological polar surface area (TPSA) is 51.8 Å². The Morgan fingerprint density at radius 2 is 2.33 bits per heavy atom. The maximum atomic E-state index is 5.63. The third-order valence-corrected chi connectivity index (χ3v) is 4.23. The zero-order valence-electron chi connectivity index (χ0n) is 8.30. The molecule has 2 N–H and O–H groups in total. The normalized spacial score (nSPS) is 10.5. The van der Waals surface area contributed by atoms with Crippen molar-refractivity contribution in [3.05, 3.63) is 35.8 Å². The Hall–Kier alpha value is -1.07. The van der Waals surface area contributed by atoms with E-state index in [1.165, 1.54) is 15.5 Å². The number of nitrogens with two attached hydrogens (primary N) is 1. The highest BCUT2D eigenvalue weighted by atomic mass is 32.2. The van der Waals surface area contributed by atoms with Crippen molar-refractivity contribution in [1.82, 2.24) is 9.97 Å². The first-order chi connectivity index (χ1) is 7.25. The first-order valence-electron chi connectivity index (χ1n) is 4.51. The summed E-state index contributed by atoms with van der Waals surface area (Å²) in [5.74, 6) is 0.864. The average Bonchev–Trinajstić information content (AvgIpc) is 2.56. The Morgan fingerprint density at radius 1 is 1.47 bits per heavy atom. The number of hydrogen-bond acceptors (Lipinski definition) is 5. The molecule has 2 aromatic heterocycles. The van der Waals surface area contributed by atoms with Gasteiger partial charge in [0.1, 0.15) is 0 Å². The van der Waals surface area contributed by atoms with Crippen LogP contribution in [0.3, 0.4) is 0 Å². The predicted molar refractivity (Wildman–Crippen MR) is 65.1 cm³/mol. The van der Waals surface area contributed by atoms with Gasteiger partial charge in [0.15, 0.2) is 5.13 Å². The summed E-state index contributed by atoms with van der Waals surface area (Å²) >= 11 is 3.27. The van der Waals surface area contributed by atoms with Crippen LogP contribution in [-0.4, -0.2) is 9.97 Å². The van der Waals surface area contributed by atoms with Crippen LogP contribution in [0, 0.1) is 6.92 Å². The summed E-state index contributed by atoms with van der Waals surface area (Å²) in [5, 5.41) is 0.635. The highest BCUT2D eigenvalue weighted by Crippen LogP contribution is 2.32. The fourth-order valence-corrected chi connectivity index (χ4v) is 3.10. The lowest BCUT2D eigenvalue weighted by Gasteiger charge is -1.98. The van der Waals surface area contributed by atoms with Gasteiger partial charge in [0.05, 0.1) is 15.6 Å². The summed E-state index contributed by atoms with van der Waals surface area (Å²) < 4.78 is 1.18. The average molecular weight is 237 g/mol. The molecule has 0 aliphatic rings. The largest absolute Gasteiger partial charge is 0.375 e. The Bertz CT molecular complexity index is 439. The Balaban J connectivity index is 2.02. The van der Waals surface area contributed by atoms with E-state index in [-0.39, 0.29) is 0 Å². The molecular formula is C10H11N3S2. The number of hydrogen-bond donors (Lipinski definition) is 1. The highest BCUT2D eigenvalue weighted by Gasteiger charge is 2.06. The molecule has 0 atom stereocenters. The van der Waals surface area contributed by atoms with Gasteiger partial charge in [0.25, 0.3) is 0 Å². The van der Waals surface area contributed by atoms with Crippen LogP contribution in [0.15, 0.2) is 28.6 Å². The summed E-state index contributed by atoms with van der Waals surface area (Å²) in [6, 6.07) is 5.94. The van der Waals surface area contributed by atoms with E-state index in [2.05, 4.69) is 9.97 Å². The summed E-state index contributed by atoms with van der Waals surface area (Å²) in [6.07, 6.45) is 1.81. The van der Waals surface area contributed by atoms with Gasteiger partial charge in [-0.15, -0.1) is 11.8 Å². The van der Waals surface area contributed by atoms with Gasteiger partial charge in [-0.25, -0.2) is 4.98 Å². The van der Waals surface area contributed by atoms with E-state index in [1.807, 2.05) is 31.3 Å². The Labute approximate surface area is 96.8 Å². The smallest absolute Gasteiger partial charge is 0.181 e. The zero-order chi connectivity index (χ0) is 10.7. The van der Waals surface area contributed by atoms with Crippen molar-refractivity contribution < 1.29 is 0 Å². The van der Waals surface area contributed by atoms with E-state index in [9.17, 15) is 0 Å². The summed E-state index contributed by atoms with van der Waals surface area (Å²) in [6.45, 7) is 1.98. The van der Waals surface area contributed by atoms with Gasteiger partial charge < -0.3 is 5.73 Å². The third kappa shape index (κ3) is 2.70. The lowest BCUT2D eigenvalue weighted by atomic mass is 10.4. The molecule has 78 valence electrons. The molecule has 2 heterocycles. The minimum absolute atomic E-state index is 0.635. The van der Waals surface area contributed by atoms with Crippen molar-refractivity contribution in [2.24, 2.45) is 0 Å². The molecule has 0 aromatic carbocycles. The van der Waals surface area contributed by atoms with Crippen LogP contribution in [0.2, 0.25) is 0 Å². The first kappa shape index (κ1) is 10.4. The molecule has 0 saturated carbocycles. The van der Waals surface area contributed by atoms with Crippen LogP contribution in [0.5, 0.6) is 0 Å². The second kappa shape index (κ2) is 4.63. The van der Waals surface area contributed by atoms with Gasteiger partial charge >= 0.3 is 0 Å². The molecule has 0 amide bonds. The van der Waals surface area contributed by atoms with E-state index in [4.69, 9.17) is 5.73 Å². The number of aryl methyl sites for hydroxylation is 1. The van der Waals surface area contributed by atoms with Crippen LogP contribution >= 0.6 is 23.1 Å². The maximum Gasteiger partial charge on any atom is 0.181 e. The molecule has 3 nitrogen and oxygen atoms in total. The Kier molecular flexibility index (Phi) is 3.23. The first-order valence-corrected chi connectivity index (χ1v) is 6.31. The standard InChI is InChI=1S/C10H11N3S2/c1-7-9(15-10(11)13-7)14-6-8-4-2-3-5-12-8/h2-5H,6H2,1H3,(H2,11,13). The van der Waals surface area contributed by atoms with Crippen molar-refractivity contribution in [2.45, 2.75) is 16.9 Å². The van der Waals surface area contributed by atoms with Crippen LogP contribution in [0.4, 0.5) is 5.13 Å². The van der Waals surface area contributed by atoms with Crippen LogP contribution < -0.4 is 5.73 Å². The predicted octanol–water partition coefficient (Wildman–Crippen LogP) is 2.72. The van der Waals surface area contributed by atoms with Crippen molar-refractivity contribution in [3.63, 3.8) is 0 Å². The van der Waals surface area contributed by atoms with Gasteiger partial charge in [-0.3, -0.25) is 4.98 Å². The molecule has 0 aliphatic carbocycles.